The van der Waals surface area contributed by atoms with E-state index >= 15 is 0 Å². The zero-order valence-electron chi connectivity index (χ0n) is 17.2. The summed E-state index contributed by atoms with van der Waals surface area (Å²) >= 11 is 6.16. The highest BCUT2D eigenvalue weighted by molar-refractivity contribution is 6.30. The van der Waals surface area contributed by atoms with Gasteiger partial charge in [0.05, 0.1) is 19.4 Å². The van der Waals surface area contributed by atoms with Gasteiger partial charge in [0.1, 0.15) is 5.75 Å². The number of benzene rings is 2. The fraction of sp³-hybridized carbons (Fsp3) is 0.417. The first-order valence-corrected chi connectivity index (χ1v) is 10.9. The molecule has 1 amide bonds. The van der Waals surface area contributed by atoms with Gasteiger partial charge in [-0.15, -0.1) is 0 Å². The van der Waals surface area contributed by atoms with Crippen LogP contribution >= 0.6 is 11.6 Å². The highest BCUT2D eigenvalue weighted by atomic mass is 35.5. The van der Waals surface area contributed by atoms with Crippen LogP contribution in [0.5, 0.6) is 5.75 Å². The molecule has 1 heterocycles. The van der Waals surface area contributed by atoms with Gasteiger partial charge < -0.3 is 14.5 Å². The number of carbonyl (C=O) groups is 1. The predicted octanol–water partition coefficient (Wildman–Crippen LogP) is 5.06. The van der Waals surface area contributed by atoms with E-state index in [2.05, 4.69) is 5.16 Å². The molecule has 0 aromatic heterocycles. The van der Waals surface area contributed by atoms with Crippen molar-refractivity contribution in [2.45, 2.75) is 44.8 Å². The summed E-state index contributed by atoms with van der Waals surface area (Å²) in [6.07, 6.45) is 4.74. The number of nitrogens with zero attached hydrogens (tertiary/aromatic N) is 2. The number of carbonyl (C=O) groups excluding carboxylic acids is 1. The average Bonchev–Trinajstić information content (AvgIpc) is 3.45. The van der Waals surface area contributed by atoms with E-state index < -0.39 is 0 Å². The van der Waals surface area contributed by atoms with Gasteiger partial charge in [-0.3, -0.25) is 4.79 Å². The van der Waals surface area contributed by atoms with Crippen LogP contribution in [0.15, 0.2) is 53.7 Å². The minimum atomic E-state index is -0.147. The fourth-order valence-electron chi connectivity index (χ4n) is 4.25. The van der Waals surface area contributed by atoms with Crippen molar-refractivity contribution in [3.05, 3.63) is 64.7 Å². The molecule has 2 aliphatic rings. The van der Waals surface area contributed by atoms with Crippen LogP contribution in [0.2, 0.25) is 5.02 Å². The lowest BCUT2D eigenvalue weighted by atomic mass is 10.0. The monoisotopic (exact) mass is 426 g/mol. The maximum Gasteiger partial charge on any atom is 0.226 e. The summed E-state index contributed by atoms with van der Waals surface area (Å²) < 4.78 is 5.22. The molecule has 0 N–H and O–H groups in total. The highest BCUT2D eigenvalue weighted by Crippen LogP contribution is 2.28. The minimum absolute atomic E-state index is 0.118. The normalized spacial score (nSPS) is 18.7. The van der Waals surface area contributed by atoms with Crippen LogP contribution in [0.4, 0.5) is 0 Å². The van der Waals surface area contributed by atoms with Crippen LogP contribution in [0.1, 0.15) is 43.2 Å². The third kappa shape index (κ3) is 4.96. The van der Waals surface area contributed by atoms with Crippen molar-refractivity contribution in [1.29, 1.82) is 0 Å². The van der Waals surface area contributed by atoms with E-state index in [4.69, 9.17) is 21.2 Å². The first-order valence-electron chi connectivity index (χ1n) is 10.5. The topological polar surface area (TPSA) is 51.1 Å². The van der Waals surface area contributed by atoms with Crippen LogP contribution in [-0.2, 0) is 16.2 Å². The molecule has 1 fully saturated rings. The number of ether oxygens (including phenoxy) is 1. The van der Waals surface area contributed by atoms with Gasteiger partial charge in [-0.25, -0.2) is 0 Å². The molecule has 1 aliphatic heterocycles. The van der Waals surface area contributed by atoms with E-state index in [0.717, 1.165) is 48.3 Å². The molecular formula is C24H27ClN2O3. The second-order valence-electron chi connectivity index (χ2n) is 8.03. The Morgan fingerprint density at radius 1 is 1.20 bits per heavy atom. The minimum Gasteiger partial charge on any atom is -0.497 e. The van der Waals surface area contributed by atoms with E-state index in [1.54, 1.807) is 7.11 Å². The molecule has 30 heavy (non-hydrogen) atoms. The Hall–Kier alpha value is -2.53. The third-order valence-electron chi connectivity index (χ3n) is 5.86. The Morgan fingerprint density at radius 3 is 2.67 bits per heavy atom. The van der Waals surface area contributed by atoms with E-state index in [9.17, 15) is 4.79 Å². The number of rotatable bonds is 7. The Labute approximate surface area is 182 Å². The molecule has 0 saturated heterocycles. The smallest absolute Gasteiger partial charge is 0.226 e. The lowest BCUT2D eigenvalue weighted by Crippen LogP contribution is -2.40. The molecule has 1 aliphatic carbocycles. The maximum atomic E-state index is 13.2. The van der Waals surface area contributed by atoms with E-state index in [0.29, 0.717) is 24.5 Å². The SMILES string of the molecule is COc1ccc(C2=NOC(CN(Cc3cccc(Cl)c3)C(=O)C3CCCC3)C2)cc1. The van der Waals surface area contributed by atoms with Crippen LogP contribution in [0.3, 0.4) is 0 Å². The van der Waals surface area contributed by atoms with Crippen molar-refractivity contribution < 1.29 is 14.4 Å². The van der Waals surface area contributed by atoms with Gasteiger partial charge in [0.15, 0.2) is 6.10 Å². The summed E-state index contributed by atoms with van der Waals surface area (Å²) in [4.78, 5) is 20.9. The van der Waals surface area contributed by atoms with Crippen LogP contribution in [0, 0.1) is 5.92 Å². The zero-order chi connectivity index (χ0) is 20.9. The van der Waals surface area contributed by atoms with Crippen LogP contribution < -0.4 is 4.74 Å². The molecule has 4 rings (SSSR count). The number of halogens is 1. The van der Waals surface area contributed by atoms with Gasteiger partial charge in [-0.05, 0) is 60.4 Å². The molecule has 0 spiro atoms. The van der Waals surface area contributed by atoms with Crippen LogP contribution in [-0.4, -0.2) is 36.3 Å². The van der Waals surface area contributed by atoms with Gasteiger partial charge in [-0.2, -0.15) is 0 Å². The highest BCUT2D eigenvalue weighted by Gasteiger charge is 2.31. The Morgan fingerprint density at radius 2 is 1.97 bits per heavy atom. The first kappa shape index (κ1) is 20.7. The second-order valence-corrected chi connectivity index (χ2v) is 8.46. The molecule has 2 aromatic rings. The number of amides is 1. The second kappa shape index (κ2) is 9.52. The summed E-state index contributed by atoms with van der Waals surface area (Å²) in [6.45, 7) is 1.05. The standard InChI is InChI=1S/C24H27ClN2O3/c1-29-21-11-9-18(10-12-21)23-14-22(30-26-23)16-27(24(28)19-6-2-3-7-19)15-17-5-4-8-20(25)13-17/h4-5,8-13,19,22H,2-3,6-7,14-16H2,1H3. The summed E-state index contributed by atoms with van der Waals surface area (Å²) in [5.41, 5.74) is 2.95. The molecule has 0 bridgehead atoms. The van der Waals surface area contributed by atoms with Gasteiger partial charge in [0.25, 0.3) is 0 Å². The summed E-state index contributed by atoms with van der Waals surface area (Å²) in [5.74, 6) is 1.14. The molecule has 1 saturated carbocycles. The molecule has 0 radical (unpaired) electrons. The van der Waals surface area contributed by atoms with Gasteiger partial charge in [0.2, 0.25) is 5.91 Å². The van der Waals surface area contributed by atoms with E-state index in [1.165, 1.54) is 0 Å². The Kier molecular flexibility index (Phi) is 6.58. The molecular weight excluding hydrogens is 400 g/mol. The van der Waals surface area contributed by atoms with Gasteiger partial charge in [-0.1, -0.05) is 41.7 Å². The molecule has 2 aromatic carbocycles. The molecule has 1 atom stereocenters. The fourth-order valence-corrected chi connectivity index (χ4v) is 4.46. The quantitative estimate of drug-likeness (QED) is 0.621. The van der Waals surface area contributed by atoms with Crippen molar-refractivity contribution >= 4 is 23.2 Å². The maximum absolute atomic E-state index is 13.2. The first-order chi connectivity index (χ1) is 14.6. The summed E-state index contributed by atoms with van der Waals surface area (Å²) in [6, 6.07) is 15.5. The van der Waals surface area contributed by atoms with E-state index in [1.807, 2.05) is 53.4 Å². The van der Waals surface area contributed by atoms with Crippen molar-refractivity contribution in [2.75, 3.05) is 13.7 Å². The van der Waals surface area contributed by atoms with Gasteiger partial charge in [0, 0.05) is 23.9 Å². The Bertz CT molecular complexity index is 907. The number of oxime groups is 1. The molecule has 1 unspecified atom stereocenters. The lowest BCUT2D eigenvalue weighted by Gasteiger charge is -2.27. The molecule has 158 valence electrons. The van der Waals surface area contributed by atoms with Crippen molar-refractivity contribution in [2.24, 2.45) is 11.1 Å². The van der Waals surface area contributed by atoms with Crippen molar-refractivity contribution in [3.8, 4) is 5.75 Å². The largest absolute Gasteiger partial charge is 0.497 e. The zero-order valence-corrected chi connectivity index (χ0v) is 18.0. The number of methoxy groups -OCH3 is 1. The summed E-state index contributed by atoms with van der Waals surface area (Å²) in [7, 11) is 1.65. The van der Waals surface area contributed by atoms with Gasteiger partial charge >= 0.3 is 0 Å². The average molecular weight is 427 g/mol. The predicted molar refractivity (Wildman–Crippen MR) is 118 cm³/mol. The number of hydrogen-bond donors (Lipinski definition) is 0. The Balaban J connectivity index is 1.44. The molecule has 5 nitrogen and oxygen atoms in total. The summed E-state index contributed by atoms with van der Waals surface area (Å²) in [5, 5.41) is 4.97. The number of hydrogen-bond acceptors (Lipinski definition) is 4. The van der Waals surface area contributed by atoms with Crippen molar-refractivity contribution in [3.63, 3.8) is 0 Å². The lowest BCUT2D eigenvalue weighted by molar-refractivity contribution is -0.137. The van der Waals surface area contributed by atoms with Crippen molar-refractivity contribution in [1.82, 2.24) is 4.90 Å². The van der Waals surface area contributed by atoms with Crippen LogP contribution in [0.25, 0.3) is 0 Å². The molecule has 6 heteroatoms. The third-order valence-corrected chi connectivity index (χ3v) is 6.09. The van der Waals surface area contributed by atoms with E-state index in [-0.39, 0.29) is 17.9 Å².